The van der Waals surface area contributed by atoms with Gasteiger partial charge in [0, 0.05) is 17.2 Å². The van der Waals surface area contributed by atoms with Gasteiger partial charge >= 0.3 is 0 Å². The van der Waals surface area contributed by atoms with Crippen LogP contribution in [0, 0.1) is 5.92 Å². The number of carboxylic acids is 1. The SMILES string of the molecule is CC(=O)c1ccc2c(c1)[C@@H]1C=CC[C@H]1[C@H](c1ccc(C(=O)[O-])cc1)N2. The van der Waals surface area contributed by atoms with Crippen molar-refractivity contribution in [1.29, 1.82) is 0 Å². The van der Waals surface area contributed by atoms with E-state index in [2.05, 4.69) is 17.5 Å². The highest BCUT2D eigenvalue weighted by Crippen LogP contribution is 2.49. The van der Waals surface area contributed by atoms with Gasteiger partial charge in [-0.2, -0.15) is 0 Å². The molecule has 0 fully saturated rings. The summed E-state index contributed by atoms with van der Waals surface area (Å²) in [7, 11) is 0. The fourth-order valence-electron chi connectivity index (χ4n) is 3.97. The van der Waals surface area contributed by atoms with Crippen LogP contribution in [0.2, 0.25) is 0 Å². The van der Waals surface area contributed by atoms with Gasteiger partial charge in [-0.25, -0.2) is 0 Å². The summed E-state index contributed by atoms with van der Waals surface area (Å²) in [5.74, 6) is -0.475. The first-order valence-electron chi connectivity index (χ1n) is 8.44. The Morgan fingerprint density at radius 2 is 1.80 bits per heavy atom. The van der Waals surface area contributed by atoms with Crippen molar-refractivity contribution in [1.82, 2.24) is 0 Å². The summed E-state index contributed by atoms with van der Waals surface area (Å²) in [6.07, 6.45) is 5.36. The lowest BCUT2D eigenvalue weighted by atomic mass is 9.76. The third-order valence-electron chi connectivity index (χ3n) is 5.27. The number of anilines is 1. The lowest BCUT2D eigenvalue weighted by Gasteiger charge is -2.37. The molecule has 2 aromatic carbocycles. The van der Waals surface area contributed by atoms with Crippen LogP contribution in [0.3, 0.4) is 0 Å². The van der Waals surface area contributed by atoms with E-state index in [-0.39, 0.29) is 23.3 Å². The molecular weight excluding hydrogens is 314 g/mol. The van der Waals surface area contributed by atoms with Gasteiger partial charge in [-0.15, -0.1) is 0 Å². The second kappa shape index (κ2) is 5.88. The average molecular weight is 332 g/mol. The van der Waals surface area contributed by atoms with Gasteiger partial charge < -0.3 is 15.2 Å². The molecule has 4 nitrogen and oxygen atoms in total. The van der Waals surface area contributed by atoms with E-state index in [1.54, 1.807) is 19.1 Å². The maximum atomic E-state index is 11.7. The molecule has 0 radical (unpaired) electrons. The van der Waals surface area contributed by atoms with Crippen molar-refractivity contribution in [2.75, 3.05) is 5.32 Å². The molecule has 2 aromatic rings. The molecule has 0 bridgehead atoms. The average Bonchev–Trinajstić information content (AvgIpc) is 3.10. The number of Topliss-reactive ketones (excluding diaryl/α,β-unsaturated/α-hetero) is 1. The predicted molar refractivity (Wildman–Crippen MR) is 93.6 cm³/mol. The van der Waals surface area contributed by atoms with Crippen molar-refractivity contribution in [3.63, 3.8) is 0 Å². The number of rotatable bonds is 3. The number of fused-ring (bicyclic) bond motifs is 3. The van der Waals surface area contributed by atoms with Gasteiger partial charge in [-0.05, 0) is 54.2 Å². The molecule has 1 heterocycles. The Bertz CT molecular complexity index is 883. The van der Waals surface area contributed by atoms with Crippen molar-refractivity contribution in [3.8, 4) is 0 Å². The minimum Gasteiger partial charge on any atom is -0.545 e. The van der Waals surface area contributed by atoms with Crippen LogP contribution >= 0.6 is 0 Å². The normalized spacial score (nSPS) is 23.5. The number of allylic oxidation sites excluding steroid dienone is 2. The minimum absolute atomic E-state index is 0.0707. The lowest BCUT2D eigenvalue weighted by Crippen LogP contribution is -2.29. The second-order valence-electron chi connectivity index (χ2n) is 6.74. The van der Waals surface area contributed by atoms with E-state index in [1.165, 1.54) is 0 Å². The Balaban J connectivity index is 1.72. The van der Waals surface area contributed by atoms with Crippen LogP contribution in [0.15, 0.2) is 54.6 Å². The van der Waals surface area contributed by atoms with Gasteiger partial charge in [0.2, 0.25) is 0 Å². The van der Waals surface area contributed by atoms with E-state index >= 15 is 0 Å². The molecular formula is C21H18NO3-. The van der Waals surface area contributed by atoms with Crippen molar-refractivity contribution >= 4 is 17.4 Å². The molecule has 1 aliphatic heterocycles. The number of carbonyl (C=O) groups excluding carboxylic acids is 2. The smallest absolute Gasteiger partial charge is 0.159 e. The Morgan fingerprint density at radius 1 is 1.08 bits per heavy atom. The first kappa shape index (κ1) is 15.6. The van der Waals surface area contributed by atoms with E-state index in [9.17, 15) is 14.7 Å². The second-order valence-corrected chi connectivity index (χ2v) is 6.74. The zero-order valence-electron chi connectivity index (χ0n) is 13.9. The molecule has 4 heteroatoms. The Labute approximate surface area is 146 Å². The summed E-state index contributed by atoms with van der Waals surface area (Å²) in [6, 6.07) is 12.8. The van der Waals surface area contributed by atoms with Crippen LogP contribution in [0.1, 0.15) is 57.1 Å². The molecule has 126 valence electrons. The molecule has 2 aliphatic rings. The van der Waals surface area contributed by atoms with Gasteiger partial charge in [0.25, 0.3) is 0 Å². The first-order chi connectivity index (χ1) is 12.0. The van der Waals surface area contributed by atoms with E-state index in [1.807, 2.05) is 30.3 Å². The summed E-state index contributed by atoms with van der Waals surface area (Å²) >= 11 is 0. The van der Waals surface area contributed by atoms with E-state index in [0.717, 1.165) is 28.8 Å². The number of hydrogen-bond donors (Lipinski definition) is 1. The molecule has 0 aromatic heterocycles. The predicted octanol–water partition coefficient (Wildman–Crippen LogP) is 3.08. The maximum absolute atomic E-state index is 11.7. The largest absolute Gasteiger partial charge is 0.545 e. The Hall–Kier alpha value is -2.88. The molecule has 0 unspecified atom stereocenters. The molecule has 0 amide bonds. The Morgan fingerprint density at radius 3 is 2.48 bits per heavy atom. The minimum atomic E-state index is -1.16. The maximum Gasteiger partial charge on any atom is 0.159 e. The molecule has 0 saturated heterocycles. The van der Waals surface area contributed by atoms with Crippen molar-refractivity contribution in [2.24, 2.45) is 5.92 Å². The number of nitrogens with one attached hydrogen (secondary N) is 1. The van der Waals surface area contributed by atoms with E-state index in [0.29, 0.717) is 5.92 Å². The highest BCUT2D eigenvalue weighted by Gasteiger charge is 2.37. The molecule has 3 atom stereocenters. The van der Waals surface area contributed by atoms with Gasteiger partial charge in [0.05, 0.1) is 12.0 Å². The van der Waals surface area contributed by atoms with Gasteiger partial charge in [0.15, 0.2) is 5.78 Å². The number of aromatic carboxylic acids is 1. The van der Waals surface area contributed by atoms with E-state index in [4.69, 9.17) is 0 Å². The third-order valence-corrected chi connectivity index (χ3v) is 5.27. The molecule has 25 heavy (non-hydrogen) atoms. The Kier molecular flexibility index (Phi) is 3.68. The van der Waals surface area contributed by atoms with Crippen LogP contribution in [0.4, 0.5) is 5.69 Å². The van der Waals surface area contributed by atoms with Gasteiger partial charge in [0.1, 0.15) is 0 Å². The quantitative estimate of drug-likeness (QED) is 0.693. The van der Waals surface area contributed by atoms with Crippen LogP contribution in [0.25, 0.3) is 0 Å². The monoisotopic (exact) mass is 332 g/mol. The molecule has 4 rings (SSSR count). The zero-order valence-corrected chi connectivity index (χ0v) is 13.9. The summed E-state index contributed by atoms with van der Waals surface area (Å²) in [5, 5.41) is 14.5. The molecule has 1 aliphatic carbocycles. The first-order valence-corrected chi connectivity index (χ1v) is 8.44. The van der Waals surface area contributed by atoms with Crippen LogP contribution < -0.4 is 10.4 Å². The summed E-state index contributed by atoms with van der Waals surface area (Å²) in [4.78, 5) is 22.7. The number of hydrogen-bond acceptors (Lipinski definition) is 4. The molecule has 0 spiro atoms. The highest BCUT2D eigenvalue weighted by atomic mass is 16.4. The number of benzene rings is 2. The zero-order chi connectivity index (χ0) is 17.6. The van der Waals surface area contributed by atoms with Crippen LogP contribution in [-0.4, -0.2) is 11.8 Å². The van der Waals surface area contributed by atoms with Crippen molar-refractivity contribution < 1.29 is 14.7 Å². The van der Waals surface area contributed by atoms with Gasteiger partial charge in [-0.3, -0.25) is 4.79 Å². The fraction of sp³-hybridized carbons (Fsp3) is 0.238. The van der Waals surface area contributed by atoms with Gasteiger partial charge in [-0.1, -0.05) is 36.4 Å². The summed E-state index contributed by atoms with van der Waals surface area (Å²) < 4.78 is 0. The van der Waals surface area contributed by atoms with Crippen LogP contribution in [-0.2, 0) is 0 Å². The summed E-state index contributed by atoms with van der Waals surface area (Å²) in [5.41, 5.74) is 4.18. The number of carboxylic acid groups (broad SMARTS) is 1. The standard InChI is InChI=1S/C21H19NO3/c1-12(23)15-9-10-19-18(11-15)16-3-2-4-17(16)20(22-19)13-5-7-14(8-6-13)21(24)25/h2-3,5-11,16-17,20,22H,4H2,1H3,(H,24,25)/p-1/t16-,17-,20+/m1/s1. The third kappa shape index (κ3) is 2.64. The summed E-state index contributed by atoms with van der Waals surface area (Å²) in [6.45, 7) is 1.58. The molecule has 0 saturated carbocycles. The number of carbonyl (C=O) groups is 2. The fourth-order valence-corrected chi connectivity index (χ4v) is 3.97. The van der Waals surface area contributed by atoms with Crippen molar-refractivity contribution in [3.05, 3.63) is 76.9 Å². The van der Waals surface area contributed by atoms with Crippen LogP contribution in [0.5, 0.6) is 0 Å². The topological polar surface area (TPSA) is 69.2 Å². The lowest BCUT2D eigenvalue weighted by molar-refractivity contribution is -0.255. The highest BCUT2D eigenvalue weighted by molar-refractivity contribution is 5.95. The molecule has 1 N–H and O–H groups in total. The van der Waals surface area contributed by atoms with Crippen molar-refractivity contribution in [2.45, 2.75) is 25.3 Å². The van der Waals surface area contributed by atoms with E-state index < -0.39 is 5.97 Å². The number of ketones is 1.